The summed E-state index contributed by atoms with van der Waals surface area (Å²) in [4.78, 5) is 27.3. The molecule has 1 saturated carbocycles. The lowest BCUT2D eigenvalue weighted by Crippen LogP contribution is -2.41. The van der Waals surface area contributed by atoms with E-state index in [4.69, 9.17) is 9.15 Å². The molecule has 6 aromatic carbocycles. The van der Waals surface area contributed by atoms with E-state index in [0.717, 1.165) is 121 Å². The summed E-state index contributed by atoms with van der Waals surface area (Å²) in [5.41, 5.74) is 10.2. The molecule has 0 amide bonds. The van der Waals surface area contributed by atoms with Crippen LogP contribution in [0.1, 0.15) is 175 Å². The molecule has 89 heavy (non-hydrogen) atoms. The second-order valence-corrected chi connectivity index (χ2v) is 32.4. The third-order valence-electron chi connectivity index (χ3n) is 20.9. The van der Waals surface area contributed by atoms with Gasteiger partial charge in [0.15, 0.2) is 5.76 Å². The van der Waals surface area contributed by atoms with Crippen LogP contribution in [-0.4, -0.2) is 90.1 Å². The van der Waals surface area contributed by atoms with Gasteiger partial charge in [0.2, 0.25) is 11.2 Å². The lowest BCUT2D eigenvalue weighted by Gasteiger charge is -2.44. The highest BCUT2D eigenvalue weighted by Gasteiger charge is 2.47. The maximum absolute atomic E-state index is 15.8. The van der Waals surface area contributed by atoms with E-state index in [1.54, 1.807) is 43.2 Å². The van der Waals surface area contributed by atoms with Gasteiger partial charge in [-0.15, -0.1) is 0 Å². The molecule has 8 N–H and O–H groups in total. The minimum Gasteiger partial charge on any atom is -0.507 e. The van der Waals surface area contributed by atoms with Crippen molar-refractivity contribution >= 4 is 71.2 Å². The largest absolute Gasteiger partial charge is 0.507 e. The van der Waals surface area contributed by atoms with Gasteiger partial charge in [0.05, 0.1) is 28.6 Å². The zero-order chi connectivity index (χ0) is 61.4. The molecule has 3 fully saturated rings. The molecule has 0 unspecified atom stereocenters. The van der Waals surface area contributed by atoms with Crippen molar-refractivity contribution in [3.8, 4) is 45.4 Å². The minimum absolute atomic E-state index is 0.0145. The van der Waals surface area contributed by atoms with Crippen LogP contribution in [0, 0.1) is 17.8 Å². The van der Waals surface area contributed by atoms with Gasteiger partial charge in [0.25, 0.3) is 0 Å². The molecular weight excluding hydrogens is 1200 g/mol. The Bertz CT molecular complexity index is 3930. The van der Waals surface area contributed by atoms with Crippen molar-refractivity contribution in [2.45, 2.75) is 181 Å². The van der Waals surface area contributed by atoms with Crippen molar-refractivity contribution in [2.75, 3.05) is 18.9 Å². The normalized spacial score (nSPS) is 26.3. The zero-order valence-electron chi connectivity index (χ0n) is 50.7. The number of phenols is 2. The predicted molar refractivity (Wildman–Crippen MR) is 360 cm³/mol. The lowest BCUT2D eigenvalue weighted by molar-refractivity contribution is -0.107. The highest BCUT2D eigenvalue weighted by molar-refractivity contribution is 8.77. The van der Waals surface area contributed by atoms with E-state index in [2.05, 4.69) is 73.8 Å². The molecule has 0 radical (unpaired) electrons. The van der Waals surface area contributed by atoms with Gasteiger partial charge in [0, 0.05) is 65.4 Å². The summed E-state index contributed by atoms with van der Waals surface area (Å²) >= 11 is 0. The lowest BCUT2D eigenvalue weighted by atomic mass is 9.65. The second kappa shape index (κ2) is 25.4. The van der Waals surface area contributed by atoms with E-state index < -0.39 is 41.0 Å². The molecule has 7 aliphatic rings. The molecule has 1 aromatic heterocycles. The van der Waals surface area contributed by atoms with Gasteiger partial charge in [-0.25, -0.2) is 0 Å². The molecule has 7 aromatic rings. The van der Waals surface area contributed by atoms with Gasteiger partial charge in [-0.2, -0.15) is 0 Å². The molecule has 5 heterocycles. The van der Waals surface area contributed by atoms with Crippen LogP contribution in [0.3, 0.4) is 0 Å². The van der Waals surface area contributed by atoms with Crippen LogP contribution in [0.5, 0.6) is 23.0 Å². The van der Waals surface area contributed by atoms with Crippen LogP contribution in [0.4, 0.5) is 0 Å². The number of aldehydes is 1. The number of fused-ring (bicyclic) bond motifs is 12. The molecule has 10 atom stereocenters. The summed E-state index contributed by atoms with van der Waals surface area (Å²) in [5, 5.41) is 92.2. The monoisotopic (exact) mass is 1280 g/mol. The van der Waals surface area contributed by atoms with Crippen molar-refractivity contribution < 1.29 is 49.7 Å². The highest BCUT2D eigenvalue weighted by Crippen LogP contribution is 2.62. The summed E-state index contributed by atoms with van der Waals surface area (Å²) in [6, 6.07) is 26.8. The highest BCUT2D eigenvalue weighted by atomic mass is 33.1. The van der Waals surface area contributed by atoms with Gasteiger partial charge in [-0.05, 0) is 191 Å². The first-order chi connectivity index (χ1) is 43.2. The standard InChI is InChI=1S/C73H81NO11S4/c1-38(2)25-46-32-51(54-37-87-88-59-30-42(27-40-10-6-9-39(26-40)17-22-75)36-74-65(59)45-12-7-11-41(28-45)29-50(54)66(46)79)70-69(82)68(81)64-58(85-70)35-56(78)62-52-33-49-47(18-23-76)43(16-21-73(83)19-4-3-5-20-73)31-44-14-15-48-63(60(44)49)61(52)53-34-57(84-71(62)64)55(77)13-8-24-86-89-72(48)67(53)80/h6-7,9-12,14-15,22,26,28,32-33,35,38,42-43,47,53,55,57,59,65,67,72,74,76-80,82-83H,3-5,8,13,16-21,23-25,27,29-31,34,36-37H2,1-2H3/t42-,43+,47+,53-,55+,57-,59+,65-,67+,72+/m1/s1. The summed E-state index contributed by atoms with van der Waals surface area (Å²) in [6.07, 6.45) is 9.78. The maximum Gasteiger partial charge on any atom is 0.238 e. The Labute approximate surface area is 536 Å². The number of hydrogen-bond donors (Lipinski definition) is 8. The van der Waals surface area contributed by atoms with Crippen molar-refractivity contribution in [1.29, 1.82) is 0 Å². The Kier molecular flexibility index (Phi) is 17.5. The summed E-state index contributed by atoms with van der Waals surface area (Å²) in [7, 11) is 6.83. The number of aliphatic hydroxyl groups excluding tert-OH is 3. The Morgan fingerprint density at radius 1 is 0.831 bits per heavy atom. The van der Waals surface area contributed by atoms with Crippen molar-refractivity contribution in [1.82, 2.24) is 5.32 Å². The van der Waals surface area contributed by atoms with Gasteiger partial charge in [0.1, 0.15) is 40.6 Å². The number of aliphatic hydroxyl groups is 4. The summed E-state index contributed by atoms with van der Waals surface area (Å²) < 4.78 is 14.1. The molecule has 3 aliphatic carbocycles. The van der Waals surface area contributed by atoms with Crippen molar-refractivity contribution in [3.63, 3.8) is 0 Å². The fraction of sp³-hybridized carbons (Fsp3) is 0.479. The summed E-state index contributed by atoms with van der Waals surface area (Å²) in [6.45, 7) is 4.95. The topological polar surface area (TPSA) is 210 Å². The number of hydrogen-bond acceptors (Lipinski definition) is 16. The first-order valence-corrected chi connectivity index (χ1v) is 37.2. The third-order valence-corrected chi connectivity index (χ3v) is 26.5. The van der Waals surface area contributed by atoms with E-state index in [0.29, 0.717) is 78.9 Å². The number of nitrogens with one attached hydrogen (secondary N) is 1. The van der Waals surface area contributed by atoms with Crippen LogP contribution in [0.2, 0.25) is 0 Å². The minimum atomic E-state index is -1.02. The van der Waals surface area contributed by atoms with Gasteiger partial charge < -0.3 is 55.0 Å². The first-order valence-electron chi connectivity index (χ1n) is 32.5. The Balaban J connectivity index is 0.925. The number of benzene rings is 6. The molecule has 12 nitrogen and oxygen atoms in total. The fourth-order valence-electron chi connectivity index (χ4n) is 16.7. The third kappa shape index (κ3) is 11.5. The maximum atomic E-state index is 15.8. The van der Waals surface area contributed by atoms with Crippen LogP contribution in [-0.2, 0) is 42.7 Å². The molecule has 5 bridgehead atoms. The molecule has 2 saturated heterocycles. The van der Waals surface area contributed by atoms with E-state index in [1.165, 1.54) is 22.8 Å². The number of piperidine rings is 1. The SMILES string of the molecule is CC(C)Cc1cc(-c2oc3cc(O)c4c(c3c(=O)c2O)O[C@@H]2C[C@@H]3c5c-4cc4c6c(ccc(c56)[C@H](SSCCC[C@@H]2O)[C@H]3O)C[C@H](CCC2(O)CCCCC2)[C@@H]4CCO)c2c(c1O)Cc1cccc(c1)[C@H]1NC[C@H](Cc3cccc(CC=O)c3)C[C@@H]1SSC2. The van der Waals surface area contributed by atoms with E-state index in [-0.39, 0.29) is 86.9 Å². The van der Waals surface area contributed by atoms with E-state index in [9.17, 15) is 40.5 Å². The zero-order valence-corrected chi connectivity index (χ0v) is 53.9. The Morgan fingerprint density at radius 3 is 2.48 bits per heavy atom. The molecule has 4 aliphatic heterocycles. The van der Waals surface area contributed by atoms with Gasteiger partial charge in [-0.3, -0.25) is 4.79 Å². The van der Waals surface area contributed by atoms with Crippen molar-refractivity contribution in [2.24, 2.45) is 17.8 Å². The quantitative estimate of drug-likeness (QED) is 0.0422. The van der Waals surface area contributed by atoms with Crippen molar-refractivity contribution in [3.05, 3.63) is 150 Å². The average molecular weight is 1280 g/mol. The second-order valence-electron chi connectivity index (χ2n) is 27.2. The number of ether oxygens (including phenoxy) is 1. The fourth-order valence-corrected chi connectivity index (χ4v) is 22.6. The van der Waals surface area contributed by atoms with Crippen LogP contribution < -0.4 is 15.5 Å². The Hall–Kier alpha value is -5.14. The average Bonchev–Trinajstić information content (AvgIpc) is 0.857. The van der Waals surface area contributed by atoms with E-state index >= 15 is 4.79 Å². The molecule has 468 valence electrons. The predicted octanol–water partition coefficient (Wildman–Crippen LogP) is 14.4. The van der Waals surface area contributed by atoms with Crippen LogP contribution in [0.15, 0.2) is 88.1 Å². The number of carbonyl (C=O) groups is 1. The van der Waals surface area contributed by atoms with E-state index in [1.807, 2.05) is 18.2 Å². The molecule has 14 rings (SSSR count). The number of carbonyl (C=O) groups excluding carboxylic acids is 1. The molecular formula is C73H81NO11S4. The smallest absolute Gasteiger partial charge is 0.238 e. The number of phenolic OH excluding ortho intramolecular Hbond substituents is 2. The number of rotatable bonds is 12. The molecule has 0 spiro atoms. The molecule has 16 heteroatoms. The van der Waals surface area contributed by atoms with Gasteiger partial charge >= 0.3 is 0 Å². The van der Waals surface area contributed by atoms with Gasteiger partial charge in [-0.1, -0.05) is 137 Å². The van der Waals surface area contributed by atoms with Crippen LogP contribution in [0.25, 0.3) is 44.2 Å². The first kappa shape index (κ1) is 61.4. The Morgan fingerprint density at radius 2 is 1.66 bits per heavy atom. The summed E-state index contributed by atoms with van der Waals surface area (Å²) in [5.74, 6) is 0.177. The van der Waals surface area contributed by atoms with Crippen LogP contribution >= 0.6 is 43.2 Å². The number of aromatic hydroxyl groups is 3.